The Morgan fingerprint density at radius 1 is 1.08 bits per heavy atom. The number of carbonyl (C=O) groups is 1. The van der Waals surface area contributed by atoms with Crippen molar-refractivity contribution in [3.8, 4) is 0 Å². The Balaban J connectivity index is 1.83. The van der Waals surface area contributed by atoms with E-state index < -0.39 is 0 Å². The van der Waals surface area contributed by atoms with Crippen molar-refractivity contribution in [2.75, 3.05) is 0 Å². The highest BCUT2D eigenvalue weighted by molar-refractivity contribution is 6.15. The van der Waals surface area contributed by atoms with Crippen LogP contribution in [-0.4, -0.2) is 10.4 Å². The summed E-state index contributed by atoms with van der Waals surface area (Å²) in [6, 6.07) is 12.6. The number of rotatable bonds is 1. The number of carbonyl (C=O) groups excluding carboxylic acids is 1. The van der Waals surface area contributed by atoms with Crippen LogP contribution in [0.4, 0.5) is 4.39 Å². The van der Waals surface area contributed by atoms with E-state index >= 15 is 0 Å². The lowest BCUT2D eigenvalue weighted by molar-refractivity contribution is 0.101. The Kier molecular flexibility index (Phi) is 3.38. The van der Waals surface area contributed by atoms with Crippen molar-refractivity contribution in [2.24, 2.45) is 7.05 Å². The molecular weight excluding hydrogens is 301 g/mol. The fourth-order valence-electron chi connectivity index (χ4n) is 3.60. The summed E-state index contributed by atoms with van der Waals surface area (Å²) in [5.74, 6) is -0.185. The SMILES string of the molecule is Cc1ccc2c(c1)c1c(n2C)C(=O)C(=Cc2ccc(F)cc2)CC1. The molecule has 0 unspecified atom stereocenters. The predicted octanol–water partition coefficient (Wildman–Crippen LogP) is 4.84. The van der Waals surface area contributed by atoms with Crippen LogP contribution in [0.5, 0.6) is 0 Å². The van der Waals surface area contributed by atoms with Crippen LogP contribution >= 0.6 is 0 Å². The van der Waals surface area contributed by atoms with Gasteiger partial charge >= 0.3 is 0 Å². The first-order chi connectivity index (χ1) is 11.5. The van der Waals surface area contributed by atoms with E-state index in [0.717, 1.165) is 40.8 Å². The summed E-state index contributed by atoms with van der Waals surface area (Å²) in [6.45, 7) is 2.07. The highest BCUT2D eigenvalue weighted by Crippen LogP contribution is 2.34. The van der Waals surface area contributed by atoms with Crippen molar-refractivity contribution in [3.63, 3.8) is 0 Å². The van der Waals surface area contributed by atoms with Crippen molar-refractivity contribution < 1.29 is 9.18 Å². The second kappa shape index (κ2) is 5.45. The second-order valence-electron chi connectivity index (χ2n) is 6.46. The van der Waals surface area contributed by atoms with Gasteiger partial charge in [-0.1, -0.05) is 23.8 Å². The molecule has 1 aliphatic rings. The highest BCUT2D eigenvalue weighted by Gasteiger charge is 2.27. The maximum absolute atomic E-state index is 13.1. The molecule has 0 bridgehead atoms. The lowest BCUT2D eigenvalue weighted by Crippen LogP contribution is -2.16. The summed E-state index contributed by atoms with van der Waals surface area (Å²) in [6.07, 6.45) is 3.46. The Morgan fingerprint density at radius 2 is 1.83 bits per heavy atom. The van der Waals surface area contributed by atoms with Crippen LogP contribution in [0.3, 0.4) is 0 Å². The van der Waals surface area contributed by atoms with Gasteiger partial charge in [0, 0.05) is 23.5 Å². The first-order valence-electron chi connectivity index (χ1n) is 8.13. The molecule has 0 N–H and O–H groups in total. The normalized spacial score (nSPS) is 16.0. The number of aromatic nitrogens is 1. The fourth-order valence-corrected chi connectivity index (χ4v) is 3.60. The van der Waals surface area contributed by atoms with Crippen LogP contribution in [0.1, 0.15) is 33.6 Å². The van der Waals surface area contributed by atoms with E-state index in [0.29, 0.717) is 0 Å². The van der Waals surface area contributed by atoms with Gasteiger partial charge in [-0.15, -0.1) is 0 Å². The van der Waals surface area contributed by atoms with E-state index in [9.17, 15) is 9.18 Å². The monoisotopic (exact) mass is 319 g/mol. The molecule has 1 aliphatic carbocycles. The lowest BCUT2D eigenvalue weighted by Gasteiger charge is -2.16. The molecule has 0 aliphatic heterocycles. The van der Waals surface area contributed by atoms with Crippen molar-refractivity contribution in [2.45, 2.75) is 19.8 Å². The number of halogens is 1. The molecule has 0 saturated heterocycles. The molecule has 1 heterocycles. The molecule has 3 aromatic rings. The van der Waals surface area contributed by atoms with E-state index in [1.54, 1.807) is 12.1 Å². The van der Waals surface area contributed by atoms with Crippen LogP contribution in [0.15, 0.2) is 48.0 Å². The zero-order valence-electron chi connectivity index (χ0n) is 13.8. The Bertz CT molecular complexity index is 993. The smallest absolute Gasteiger partial charge is 0.205 e. The van der Waals surface area contributed by atoms with Gasteiger partial charge in [-0.2, -0.15) is 0 Å². The molecular formula is C21H18FNO. The van der Waals surface area contributed by atoms with E-state index in [-0.39, 0.29) is 11.6 Å². The molecule has 1 aromatic heterocycles. The molecule has 2 nitrogen and oxygen atoms in total. The van der Waals surface area contributed by atoms with Crippen LogP contribution in [0.25, 0.3) is 17.0 Å². The fraction of sp³-hybridized carbons (Fsp3) is 0.190. The van der Waals surface area contributed by atoms with E-state index in [2.05, 4.69) is 25.1 Å². The third-order valence-electron chi connectivity index (χ3n) is 4.82. The molecule has 120 valence electrons. The maximum Gasteiger partial charge on any atom is 0.205 e. The molecule has 0 radical (unpaired) electrons. The summed E-state index contributed by atoms with van der Waals surface area (Å²) in [7, 11) is 1.95. The minimum absolute atomic E-state index is 0.0805. The summed E-state index contributed by atoms with van der Waals surface area (Å²) in [5, 5.41) is 1.18. The van der Waals surface area contributed by atoms with Gasteiger partial charge in [0.2, 0.25) is 5.78 Å². The van der Waals surface area contributed by atoms with Crippen LogP contribution in [0.2, 0.25) is 0 Å². The predicted molar refractivity (Wildman–Crippen MR) is 94.7 cm³/mol. The van der Waals surface area contributed by atoms with Crippen LogP contribution < -0.4 is 0 Å². The maximum atomic E-state index is 13.1. The minimum atomic E-state index is -0.265. The molecule has 0 atom stereocenters. The number of hydrogen-bond acceptors (Lipinski definition) is 1. The van der Waals surface area contributed by atoms with Gasteiger partial charge in [-0.25, -0.2) is 4.39 Å². The molecule has 0 amide bonds. The van der Waals surface area contributed by atoms with Gasteiger partial charge in [0.1, 0.15) is 5.82 Å². The van der Waals surface area contributed by atoms with E-state index in [1.165, 1.54) is 23.1 Å². The van der Waals surface area contributed by atoms with Crippen LogP contribution in [-0.2, 0) is 13.5 Å². The third-order valence-corrected chi connectivity index (χ3v) is 4.82. The second-order valence-corrected chi connectivity index (χ2v) is 6.46. The van der Waals surface area contributed by atoms with E-state index in [1.807, 2.05) is 17.7 Å². The highest BCUT2D eigenvalue weighted by atomic mass is 19.1. The summed E-state index contributed by atoms with van der Waals surface area (Å²) >= 11 is 0. The van der Waals surface area contributed by atoms with Gasteiger partial charge in [-0.3, -0.25) is 4.79 Å². The topological polar surface area (TPSA) is 22.0 Å². The van der Waals surface area contributed by atoms with Gasteiger partial charge in [-0.05, 0) is 61.2 Å². The molecule has 0 spiro atoms. The number of Topliss-reactive ketones (excluding diaryl/α,β-unsaturated/α-hetero) is 1. The summed E-state index contributed by atoms with van der Waals surface area (Å²) in [5.41, 5.74) is 5.89. The van der Waals surface area contributed by atoms with Crippen molar-refractivity contribution in [1.82, 2.24) is 4.57 Å². The van der Waals surface area contributed by atoms with Crippen molar-refractivity contribution in [3.05, 3.63) is 76.2 Å². The number of aryl methyl sites for hydroxylation is 3. The van der Waals surface area contributed by atoms with Gasteiger partial charge in [0.05, 0.1) is 5.69 Å². The van der Waals surface area contributed by atoms with Crippen molar-refractivity contribution in [1.29, 1.82) is 0 Å². The summed E-state index contributed by atoms with van der Waals surface area (Å²) in [4.78, 5) is 13.0. The number of allylic oxidation sites excluding steroid dienone is 1. The number of nitrogens with zero attached hydrogens (tertiary/aromatic N) is 1. The zero-order chi connectivity index (χ0) is 16.8. The van der Waals surface area contributed by atoms with Gasteiger partial charge in [0.25, 0.3) is 0 Å². The lowest BCUT2D eigenvalue weighted by atomic mass is 9.89. The number of hydrogen-bond donors (Lipinski definition) is 0. The number of fused-ring (bicyclic) bond motifs is 3. The largest absolute Gasteiger partial charge is 0.341 e. The first-order valence-corrected chi connectivity index (χ1v) is 8.13. The number of benzene rings is 2. The molecule has 0 saturated carbocycles. The van der Waals surface area contributed by atoms with Crippen LogP contribution in [0, 0.1) is 12.7 Å². The average molecular weight is 319 g/mol. The Morgan fingerprint density at radius 3 is 2.58 bits per heavy atom. The van der Waals surface area contributed by atoms with E-state index in [4.69, 9.17) is 0 Å². The minimum Gasteiger partial charge on any atom is -0.341 e. The third kappa shape index (κ3) is 2.28. The summed E-state index contributed by atoms with van der Waals surface area (Å²) < 4.78 is 15.1. The number of ketones is 1. The molecule has 2 aromatic carbocycles. The molecule has 0 fully saturated rings. The molecule has 24 heavy (non-hydrogen) atoms. The molecule has 4 rings (SSSR count). The van der Waals surface area contributed by atoms with Gasteiger partial charge in [0.15, 0.2) is 0 Å². The Labute approximate surface area is 140 Å². The first kappa shape index (κ1) is 14.9. The quantitative estimate of drug-likeness (QED) is 0.588. The van der Waals surface area contributed by atoms with Crippen molar-refractivity contribution >= 4 is 22.8 Å². The van der Waals surface area contributed by atoms with Gasteiger partial charge < -0.3 is 4.57 Å². The molecule has 3 heteroatoms. The standard InChI is InChI=1S/C21H18FNO/c1-13-3-10-19-18(11-13)17-9-6-15(21(24)20(17)23(19)2)12-14-4-7-16(22)8-5-14/h3-5,7-8,10-12H,6,9H2,1-2H3. The average Bonchev–Trinajstić information content (AvgIpc) is 2.85. The zero-order valence-corrected chi connectivity index (χ0v) is 13.8. The Hall–Kier alpha value is -2.68.